The Morgan fingerprint density at radius 3 is 2.91 bits per heavy atom. The lowest BCUT2D eigenvalue weighted by Gasteiger charge is -2.37. The molecule has 2 unspecified atom stereocenters. The SMILES string of the molecule is CCC1(C)COCC(CO)O1. The van der Waals surface area contributed by atoms with E-state index >= 15 is 0 Å². The van der Waals surface area contributed by atoms with E-state index in [1.807, 2.05) is 6.92 Å². The number of aliphatic hydroxyl groups is 1. The maximum Gasteiger partial charge on any atom is 0.105 e. The van der Waals surface area contributed by atoms with E-state index in [9.17, 15) is 0 Å². The van der Waals surface area contributed by atoms with E-state index in [-0.39, 0.29) is 18.3 Å². The number of hydrogen-bond acceptors (Lipinski definition) is 3. The van der Waals surface area contributed by atoms with E-state index in [0.29, 0.717) is 13.2 Å². The zero-order valence-corrected chi connectivity index (χ0v) is 7.17. The Labute approximate surface area is 67.3 Å². The van der Waals surface area contributed by atoms with Gasteiger partial charge in [-0.3, -0.25) is 0 Å². The third-order valence-electron chi connectivity index (χ3n) is 2.11. The van der Waals surface area contributed by atoms with Gasteiger partial charge in [0.15, 0.2) is 0 Å². The Morgan fingerprint density at radius 1 is 1.64 bits per heavy atom. The highest BCUT2D eigenvalue weighted by molar-refractivity contribution is 4.78. The van der Waals surface area contributed by atoms with Gasteiger partial charge in [0.05, 0.1) is 25.4 Å². The molecular weight excluding hydrogens is 144 g/mol. The minimum Gasteiger partial charge on any atom is -0.394 e. The molecule has 0 aromatic heterocycles. The first-order chi connectivity index (χ1) is 5.20. The Bertz CT molecular complexity index is 127. The summed E-state index contributed by atoms with van der Waals surface area (Å²) < 4.78 is 10.9. The Hall–Kier alpha value is -0.120. The number of ether oxygens (including phenoxy) is 2. The van der Waals surface area contributed by atoms with Crippen LogP contribution in [-0.2, 0) is 9.47 Å². The highest BCUT2D eigenvalue weighted by Crippen LogP contribution is 2.22. The lowest BCUT2D eigenvalue weighted by atomic mass is 10.0. The van der Waals surface area contributed by atoms with Crippen LogP contribution in [0.4, 0.5) is 0 Å². The Morgan fingerprint density at radius 2 is 2.36 bits per heavy atom. The van der Waals surface area contributed by atoms with Crippen molar-refractivity contribution in [1.29, 1.82) is 0 Å². The second-order valence-corrected chi connectivity index (χ2v) is 3.24. The highest BCUT2D eigenvalue weighted by atomic mass is 16.6. The van der Waals surface area contributed by atoms with Gasteiger partial charge in [-0.2, -0.15) is 0 Å². The number of hydrogen-bond donors (Lipinski definition) is 1. The molecule has 0 aromatic rings. The zero-order valence-electron chi connectivity index (χ0n) is 7.17. The molecular formula is C8H16O3. The monoisotopic (exact) mass is 160 g/mol. The summed E-state index contributed by atoms with van der Waals surface area (Å²) in [5, 5.41) is 8.81. The second kappa shape index (κ2) is 3.52. The summed E-state index contributed by atoms with van der Waals surface area (Å²) in [6.07, 6.45) is 0.789. The van der Waals surface area contributed by atoms with Gasteiger partial charge in [-0.05, 0) is 13.3 Å². The second-order valence-electron chi connectivity index (χ2n) is 3.24. The number of rotatable bonds is 2. The van der Waals surface area contributed by atoms with Crippen LogP contribution in [0.3, 0.4) is 0 Å². The van der Waals surface area contributed by atoms with Crippen molar-refractivity contribution in [2.24, 2.45) is 0 Å². The summed E-state index contributed by atoms with van der Waals surface area (Å²) in [4.78, 5) is 0. The van der Waals surface area contributed by atoms with E-state index in [1.165, 1.54) is 0 Å². The van der Waals surface area contributed by atoms with Crippen molar-refractivity contribution in [3.05, 3.63) is 0 Å². The van der Waals surface area contributed by atoms with Crippen LogP contribution >= 0.6 is 0 Å². The lowest BCUT2D eigenvalue weighted by Crippen LogP contribution is -2.46. The average Bonchev–Trinajstić information content (AvgIpc) is 2.05. The molecule has 1 aliphatic heterocycles. The number of aliphatic hydroxyl groups excluding tert-OH is 1. The van der Waals surface area contributed by atoms with Crippen molar-refractivity contribution in [3.8, 4) is 0 Å². The first kappa shape index (κ1) is 8.97. The Balaban J connectivity index is 2.44. The smallest absolute Gasteiger partial charge is 0.105 e. The van der Waals surface area contributed by atoms with E-state index in [4.69, 9.17) is 14.6 Å². The summed E-state index contributed by atoms with van der Waals surface area (Å²) in [6.45, 7) is 5.28. The van der Waals surface area contributed by atoms with Crippen LogP contribution in [0.25, 0.3) is 0 Å². The maximum absolute atomic E-state index is 8.81. The van der Waals surface area contributed by atoms with E-state index in [0.717, 1.165) is 6.42 Å². The largest absolute Gasteiger partial charge is 0.394 e. The van der Waals surface area contributed by atoms with Crippen molar-refractivity contribution in [2.75, 3.05) is 19.8 Å². The molecule has 1 saturated heterocycles. The quantitative estimate of drug-likeness (QED) is 0.641. The van der Waals surface area contributed by atoms with Gasteiger partial charge in [0, 0.05) is 0 Å². The highest BCUT2D eigenvalue weighted by Gasteiger charge is 2.31. The molecule has 0 spiro atoms. The van der Waals surface area contributed by atoms with Crippen molar-refractivity contribution < 1.29 is 14.6 Å². The van der Waals surface area contributed by atoms with E-state index in [2.05, 4.69) is 6.92 Å². The van der Waals surface area contributed by atoms with Crippen LogP contribution in [-0.4, -0.2) is 36.6 Å². The molecule has 2 atom stereocenters. The average molecular weight is 160 g/mol. The molecule has 1 fully saturated rings. The summed E-state index contributed by atoms with van der Waals surface area (Å²) in [7, 11) is 0. The first-order valence-electron chi connectivity index (χ1n) is 4.06. The summed E-state index contributed by atoms with van der Waals surface area (Å²) in [5.41, 5.74) is -0.189. The molecule has 11 heavy (non-hydrogen) atoms. The summed E-state index contributed by atoms with van der Waals surface area (Å²) in [5.74, 6) is 0. The molecule has 0 amide bonds. The van der Waals surface area contributed by atoms with Gasteiger partial charge in [-0.1, -0.05) is 6.92 Å². The van der Waals surface area contributed by atoms with Gasteiger partial charge in [0.2, 0.25) is 0 Å². The van der Waals surface area contributed by atoms with Crippen molar-refractivity contribution >= 4 is 0 Å². The van der Waals surface area contributed by atoms with Crippen LogP contribution < -0.4 is 0 Å². The predicted octanol–water partition coefficient (Wildman–Crippen LogP) is 0.563. The standard InChI is InChI=1S/C8H16O3/c1-3-8(2)6-10-5-7(4-9)11-8/h7,9H,3-6H2,1-2H3. The fourth-order valence-electron chi connectivity index (χ4n) is 1.15. The molecule has 66 valence electrons. The summed E-state index contributed by atoms with van der Waals surface area (Å²) >= 11 is 0. The molecule has 0 saturated carbocycles. The molecule has 1 aliphatic rings. The van der Waals surface area contributed by atoms with Crippen molar-refractivity contribution in [2.45, 2.75) is 32.0 Å². The molecule has 3 heteroatoms. The minimum atomic E-state index is -0.189. The first-order valence-corrected chi connectivity index (χ1v) is 4.06. The third-order valence-corrected chi connectivity index (χ3v) is 2.11. The molecule has 3 nitrogen and oxygen atoms in total. The fourth-order valence-corrected chi connectivity index (χ4v) is 1.15. The summed E-state index contributed by atoms with van der Waals surface area (Å²) in [6, 6.07) is 0. The topological polar surface area (TPSA) is 38.7 Å². The van der Waals surface area contributed by atoms with Crippen LogP contribution in [0, 0.1) is 0 Å². The van der Waals surface area contributed by atoms with Crippen LogP contribution in [0.5, 0.6) is 0 Å². The van der Waals surface area contributed by atoms with Gasteiger partial charge in [0.1, 0.15) is 6.10 Å². The molecule has 0 aliphatic carbocycles. The van der Waals surface area contributed by atoms with Crippen LogP contribution in [0.1, 0.15) is 20.3 Å². The maximum atomic E-state index is 8.81. The molecule has 0 aromatic carbocycles. The van der Waals surface area contributed by atoms with Gasteiger partial charge >= 0.3 is 0 Å². The Kier molecular flexibility index (Phi) is 2.87. The van der Waals surface area contributed by atoms with Crippen molar-refractivity contribution in [3.63, 3.8) is 0 Å². The molecule has 0 radical (unpaired) electrons. The molecule has 1 heterocycles. The van der Waals surface area contributed by atoms with Gasteiger partial charge in [-0.25, -0.2) is 0 Å². The van der Waals surface area contributed by atoms with Crippen LogP contribution in [0.15, 0.2) is 0 Å². The third kappa shape index (κ3) is 2.15. The van der Waals surface area contributed by atoms with Gasteiger partial charge in [-0.15, -0.1) is 0 Å². The van der Waals surface area contributed by atoms with Crippen molar-refractivity contribution in [1.82, 2.24) is 0 Å². The van der Waals surface area contributed by atoms with Crippen LogP contribution in [0.2, 0.25) is 0 Å². The van der Waals surface area contributed by atoms with Gasteiger partial charge in [0.25, 0.3) is 0 Å². The fraction of sp³-hybridized carbons (Fsp3) is 1.00. The van der Waals surface area contributed by atoms with Gasteiger partial charge < -0.3 is 14.6 Å². The lowest BCUT2D eigenvalue weighted by molar-refractivity contribution is -0.200. The zero-order chi connectivity index (χ0) is 8.32. The normalized spacial score (nSPS) is 39.0. The molecule has 1 rings (SSSR count). The van der Waals surface area contributed by atoms with E-state index in [1.54, 1.807) is 0 Å². The predicted molar refractivity (Wildman–Crippen MR) is 41.5 cm³/mol. The molecule has 1 N–H and O–H groups in total. The van der Waals surface area contributed by atoms with E-state index < -0.39 is 0 Å². The molecule has 0 bridgehead atoms. The minimum absolute atomic E-state index is 0.0512.